The SMILES string of the molecule is CCC(=O)NCCc1nc2ccccc2n1CC(=O)Nc1cccc(Cl)c1. The normalized spacial score (nSPS) is 10.7. The molecule has 0 fully saturated rings. The summed E-state index contributed by atoms with van der Waals surface area (Å²) in [6.07, 6.45) is 0.989. The number of amides is 2. The fourth-order valence-electron chi connectivity index (χ4n) is 2.84. The molecule has 0 saturated carbocycles. The fourth-order valence-corrected chi connectivity index (χ4v) is 3.03. The number of hydrogen-bond donors (Lipinski definition) is 2. The number of halogens is 1. The molecule has 2 N–H and O–H groups in total. The van der Waals surface area contributed by atoms with E-state index in [9.17, 15) is 9.59 Å². The maximum Gasteiger partial charge on any atom is 0.244 e. The summed E-state index contributed by atoms with van der Waals surface area (Å²) in [5, 5.41) is 6.26. The van der Waals surface area contributed by atoms with Gasteiger partial charge in [-0.25, -0.2) is 4.98 Å². The second-order valence-electron chi connectivity index (χ2n) is 6.11. The molecule has 0 radical (unpaired) electrons. The van der Waals surface area contributed by atoms with Gasteiger partial charge in [0.05, 0.1) is 11.0 Å². The fraction of sp³-hybridized carbons (Fsp3) is 0.250. The third-order valence-corrected chi connectivity index (χ3v) is 4.37. The molecule has 0 atom stereocenters. The van der Waals surface area contributed by atoms with Gasteiger partial charge >= 0.3 is 0 Å². The summed E-state index contributed by atoms with van der Waals surface area (Å²) < 4.78 is 1.88. The maximum absolute atomic E-state index is 12.5. The molecule has 1 aromatic heterocycles. The van der Waals surface area contributed by atoms with Crippen LogP contribution in [0.5, 0.6) is 0 Å². The van der Waals surface area contributed by atoms with Gasteiger partial charge in [-0.15, -0.1) is 0 Å². The number of para-hydroxylation sites is 2. The zero-order valence-corrected chi connectivity index (χ0v) is 15.8. The molecule has 0 aliphatic carbocycles. The number of benzene rings is 2. The van der Waals surface area contributed by atoms with Gasteiger partial charge in [-0.2, -0.15) is 0 Å². The van der Waals surface area contributed by atoms with E-state index in [0.29, 0.717) is 30.1 Å². The summed E-state index contributed by atoms with van der Waals surface area (Å²) in [7, 11) is 0. The van der Waals surface area contributed by atoms with E-state index in [-0.39, 0.29) is 18.4 Å². The van der Waals surface area contributed by atoms with Crippen LogP contribution in [0.2, 0.25) is 5.02 Å². The lowest BCUT2D eigenvalue weighted by Gasteiger charge is -2.11. The predicted octanol–water partition coefficient (Wildman–Crippen LogP) is 3.40. The molecule has 2 amide bonds. The number of aromatic nitrogens is 2. The molecule has 0 spiro atoms. The molecule has 140 valence electrons. The van der Waals surface area contributed by atoms with Crippen LogP contribution < -0.4 is 10.6 Å². The summed E-state index contributed by atoms with van der Waals surface area (Å²) in [4.78, 5) is 28.6. The Kier molecular flexibility index (Phi) is 6.08. The molecular weight excluding hydrogens is 364 g/mol. The van der Waals surface area contributed by atoms with Gasteiger partial charge in [0, 0.05) is 30.1 Å². The van der Waals surface area contributed by atoms with Gasteiger partial charge in [-0.3, -0.25) is 9.59 Å². The summed E-state index contributed by atoms with van der Waals surface area (Å²) in [5.41, 5.74) is 2.36. The number of carbonyl (C=O) groups is 2. The zero-order valence-electron chi connectivity index (χ0n) is 15.0. The first kappa shape index (κ1) is 18.9. The lowest BCUT2D eigenvalue weighted by atomic mass is 10.3. The van der Waals surface area contributed by atoms with Gasteiger partial charge in [0.15, 0.2) is 0 Å². The number of imidazole rings is 1. The average molecular weight is 385 g/mol. The molecule has 27 heavy (non-hydrogen) atoms. The summed E-state index contributed by atoms with van der Waals surface area (Å²) in [6.45, 7) is 2.42. The predicted molar refractivity (Wildman–Crippen MR) is 107 cm³/mol. The van der Waals surface area contributed by atoms with E-state index in [1.54, 1.807) is 24.3 Å². The van der Waals surface area contributed by atoms with E-state index in [1.807, 2.05) is 35.8 Å². The van der Waals surface area contributed by atoms with Crippen molar-refractivity contribution >= 4 is 40.1 Å². The largest absolute Gasteiger partial charge is 0.356 e. The minimum atomic E-state index is -0.167. The Bertz CT molecular complexity index is 968. The van der Waals surface area contributed by atoms with Crippen LogP contribution in [-0.2, 0) is 22.6 Å². The van der Waals surface area contributed by atoms with Crippen molar-refractivity contribution in [3.63, 3.8) is 0 Å². The van der Waals surface area contributed by atoms with Crippen LogP contribution in [-0.4, -0.2) is 27.9 Å². The van der Waals surface area contributed by atoms with Gasteiger partial charge in [0.25, 0.3) is 0 Å². The van der Waals surface area contributed by atoms with Crippen molar-refractivity contribution in [3.8, 4) is 0 Å². The summed E-state index contributed by atoms with van der Waals surface area (Å²) >= 11 is 5.97. The number of hydrogen-bond acceptors (Lipinski definition) is 3. The van der Waals surface area contributed by atoms with Crippen molar-refractivity contribution in [2.45, 2.75) is 26.3 Å². The Morgan fingerprint density at radius 3 is 2.70 bits per heavy atom. The number of anilines is 1. The molecule has 3 aromatic rings. The number of nitrogens with one attached hydrogen (secondary N) is 2. The highest BCUT2D eigenvalue weighted by Gasteiger charge is 2.14. The second kappa shape index (κ2) is 8.68. The molecule has 0 aliphatic rings. The molecule has 0 aliphatic heterocycles. The maximum atomic E-state index is 12.5. The number of carbonyl (C=O) groups excluding carboxylic acids is 2. The Balaban J connectivity index is 1.78. The first-order chi connectivity index (χ1) is 13.1. The van der Waals surface area contributed by atoms with E-state index in [0.717, 1.165) is 16.9 Å². The molecule has 0 unspecified atom stereocenters. The van der Waals surface area contributed by atoms with Crippen LogP contribution >= 0.6 is 11.6 Å². The molecule has 6 nitrogen and oxygen atoms in total. The Morgan fingerprint density at radius 2 is 1.93 bits per heavy atom. The molecule has 7 heteroatoms. The average Bonchev–Trinajstić information content (AvgIpc) is 2.99. The van der Waals surface area contributed by atoms with Gasteiger partial charge < -0.3 is 15.2 Å². The monoisotopic (exact) mass is 384 g/mol. The van der Waals surface area contributed by atoms with Crippen LogP contribution in [0, 0.1) is 0 Å². The topological polar surface area (TPSA) is 76.0 Å². The Morgan fingerprint density at radius 1 is 1.11 bits per heavy atom. The third kappa shape index (κ3) is 4.86. The highest BCUT2D eigenvalue weighted by atomic mass is 35.5. The third-order valence-electron chi connectivity index (χ3n) is 4.14. The van der Waals surface area contributed by atoms with Crippen molar-refractivity contribution in [2.24, 2.45) is 0 Å². The Labute approximate surface area is 162 Å². The molecule has 2 aromatic carbocycles. The molecule has 1 heterocycles. The van der Waals surface area contributed by atoms with Gasteiger partial charge in [-0.1, -0.05) is 36.7 Å². The van der Waals surface area contributed by atoms with E-state index in [4.69, 9.17) is 11.6 Å². The minimum absolute atomic E-state index is 0.00337. The van der Waals surface area contributed by atoms with E-state index < -0.39 is 0 Å². The highest BCUT2D eigenvalue weighted by molar-refractivity contribution is 6.30. The molecule has 3 rings (SSSR count). The van der Waals surface area contributed by atoms with E-state index >= 15 is 0 Å². The summed E-state index contributed by atoms with van der Waals surface area (Å²) in [6, 6.07) is 14.7. The van der Waals surface area contributed by atoms with Crippen LogP contribution in [0.25, 0.3) is 11.0 Å². The first-order valence-corrected chi connectivity index (χ1v) is 9.21. The minimum Gasteiger partial charge on any atom is -0.356 e. The number of rotatable bonds is 7. The van der Waals surface area contributed by atoms with Crippen molar-refractivity contribution in [3.05, 3.63) is 59.4 Å². The molecule has 0 bridgehead atoms. The van der Waals surface area contributed by atoms with Crippen LogP contribution in [0.3, 0.4) is 0 Å². The van der Waals surface area contributed by atoms with Crippen LogP contribution in [0.4, 0.5) is 5.69 Å². The second-order valence-corrected chi connectivity index (χ2v) is 6.55. The Hall–Kier alpha value is -2.86. The quantitative estimate of drug-likeness (QED) is 0.655. The molecular formula is C20H21ClN4O2. The smallest absolute Gasteiger partial charge is 0.244 e. The van der Waals surface area contributed by atoms with Crippen molar-refractivity contribution in [1.82, 2.24) is 14.9 Å². The zero-order chi connectivity index (χ0) is 19.2. The van der Waals surface area contributed by atoms with Gasteiger partial charge in [0.1, 0.15) is 12.4 Å². The van der Waals surface area contributed by atoms with Crippen molar-refractivity contribution in [1.29, 1.82) is 0 Å². The van der Waals surface area contributed by atoms with Gasteiger partial charge in [0.2, 0.25) is 11.8 Å². The van der Waals surface area contributed by atoms with E-state index in [1.165, 1.54) is 0 Å². The van der Waals surface area contributed by atoms with E-state index in [2.05, 4.69) is 15.6 Å². The van der Waals surface area contributed by atoms with Crippen LogP contribution in [0.1, 0.15) is 19.2 Å². The number of nitrogens with zero attached hydrogens (tertiary/aromatic N) is 2. The summed E-state index contributed by atoms with van der Waals surface area (Å²) in [5.74, 6) is 0.587. The van der Waals surface area contributed by atoms with Crippen molar-refractivity contribution in [2.75, 3.05) is 11.9 Å². The first-order valence-electron chi connectivity index (χ1n) is 8.83. The molecule has 0 saturated heterocycles. The van der Waals surface area contributed by atoms with Crippen molar-refractivity contribution < 1.29 is 9.59 Å². The lowest BCUT2D eigenvalue weighted by Crippen LogP contribution is -2.26. The number of fused-ring (bicyclic) bond motifs is 1. The van der Waals surface area contributed by atoms with Gasteiger partial charge in [-0.05, 0) is 30.3 Å². The highest BCUT2D eigenvalue weighted by Crippen LogP contribution is 2.18. The van der Waals surface area contributed by atoms with Crippen LogP contribution in [0.15, 0.2) is 48.5 Å². The lowest BCUT2D eigenvalue weighted by molar-refractivity contribution is -0.120. The standard InChI is InChI=1S/C20H21ClN4O2/c1-2-19(26)22-11-10-18-24-16-8-3-4-9-17(16)25(18)13-20(27)23-15-7-5-6-14(21)12-15/h3-9,12H,2,10-11,13H2,1H3,(H,22,26)(H,23,27).